The Labute approximate surface area is 581 Å². The zero-order chi connectivity index (χ0) is 72.0. The number of ether oxygens (including phenoxy) is 4. The molecule has 0 radical (unpaired) electrons. The number of aliphatic hydroxyl groups is 1. The summed E-state index contributed by atoms with van der Waals surface area (Å²) in [5, 5.41) is 37.3. The third-order valence-electron chi connectivity index (χ3n) is 14.6. The summed E-state index contributed by atoms with van der Waals surface area (Å²) in [7, 11) is 5.20. The number of nitrogens with two attached hydrogens (primary N) is 3. The van der Waals surface area contributed by atoms with Crippen molar-refractivity contribution in [2.24, 2.45) is 11.5 Å². The standard InChI is InChI=1S/C33H37N3O6.C21H23N3O5.C11H15NO2.C6H4N3.CH4O.ClH.Cu/c1-33(2,3)42-30(38)22-16-14-21(15-17-22)19-29(37)28(13-8-18-35-31(34)39)36-32(40)41-20-27-25-11-6-4-9-23(25)24-10-5-7-12-26(24)27;22-20(27)23-11-5-10-18(19(25)26)24-21(28)29-12-17-15-8-3-1-6-13(15)14-7-2-4-9-16(14)17;1-11(2,3)14-10(13)8-4-6-9(12)7-5-8;1-2-4-6-5(3-1)7-9-8-6;1-2;;/h4-7,9-12,14-17,27-28H,8,13,18-20H2,1-3H3,(H,36,40)(H3,34,35,39);1-4,6-9,17-18H,5,10-12H2,(H,24,28)(H,25,26)(H3,22,23,27);4-7H,12H2,1-3H3;1-4H;2H,1H3;1H;/q;;;-1;;;+2/p-1/t28-;18-;;;;;/m00...../s1. The Hall–Kier alpha value is -10.3. The third kappa shape index (κ3) is 25.0. The van der Waals surface area contributed by atoms with Crippen LogP contribution in [-0.4, -0.2) is 125 Å². The van der Waals surface area contributed by atoms with Gasteiger partial charge in [0, 0.05) is 44.1 Å². The number of carboxylic acid groups (broad SMARTS) is 1. The van der Waals surface area contributed by atoms with Crippen LogP contribution in [0.25, 0.3) is 33.3 Å². The van der Waals surface area contributed by atoms with E-state index in [1.165, 1.54) is 0 Å². The Morgan fingerprint density at radius 2 is 0.908 bits per heavy atom. The van der Waals surface area contributed by atoms with Crippen LogP contribution in [0.1, 0.15) is 128 Å². The average Bonchev–Trinajstić information content (AvgIpc) is 1.62. The van der Waals surface area contributed by atoms with Gasteiger partial charge >= 0.3 is 67.4 Å². The number of halogens is 1. The first kappa shape index (κ1) is 78.4. The SMILES string of the molecule is CC(C)(C)OC(=O)c1ccc(CC(=O)[C@H](CCCNC(N)=O)NC(=O)OCC2c3ccccc3-c3ccccc32)cc1.CC(C)(C)OC(=O)c1ccc(N)cc1.CO.NC(=O)NCCC[C@H](NC(=O)OCC1c2ccccc2-c2ccccc21)C(=O)O.[Cl][Cu+].c1ccc2[n-]nnc2c1. The van der Waals surface area contributed by atoms with Crippen LogP contribution >= 0.6 is 10.1 Å². The number of esters is 2. The summed E-state index contributed by atoms with van der Waals surface area (Å²) < 4.78 is 21.6. The van der Waals surface area contributed by atoms with Crippen LogP contribution < -0.4 is 43.6 Å². The number of alkyl carbamates (subject to hydrolysis) is 2. The van der Waals surface area contributed by atoms with Crippen LogP contribution in [0.5, 0.6) is 0 Å². The summed E-state index contributed by atoms with van der Waals surface area (Å²) in [6.45, 7) is 11.6. The number of Topliss-reactive ketones (excluding diaryl/α,β-unsaturated/α-hetero) is 1. The molecule has 0 bridgehead atoms. The number of aliphatic hydroxyl groups excluding tert-OH is 1. The van der Waals surface area contributed by atoms with Crippen molar-refractivity contribution >= 4 is 74.8 Å². The van der Waals surface area contributed by atoms with Crippen molar-refractivity contribution < 1.29 is 82.6 Å². The van der Waals surface area contributed by atoms with Gasteiger partial charge in [0.05, 0.1) is 17.2 Å². The molecule has 0 aliphatic heterocycles. The maximum Gasteiger partial charge on any atom is -0.0209 e. The molecule has 26 heteroatoms. The van der Waals surface area contributed by atoms with E-state index in [1.54, 1.807) is 69.3 Å². The summed E-state index contributed by atoms with van der Waals surface area (Å²) in [6.07, 6.45) is -0.268. The number of nitrogens with one attached hydrogen (secondary N) is 4. The molecule has 0 saturated carbocycles. The second-order valence-electron chi connectivity index (χ2n) is 24.0. The van der Waals surface area contributed by atoms with Gasteiger partial charge in [0.15, 0.2) is 5.78 Å². The summed E-state index contributed by atoms with van der Waals surface area (Å²) in [6, 6.07) is 49.6. The molecule has 98 heavy (non-hydrogen) atoms. The molecule has 2 aliphatic carbocycles. The summed E-state index contributed by atoms with van der Waals surface area (Å²) in [4.78, 5) is 95.3. The van der Waals surface area contributed by atoms with Crippen molar-refractivity contribution in [3.05, 3.63) is 209 Å². The number of aromatic nitrogens is 3. The summed E-state index contributed by atoms with van der Waals surface area (Å²) >= 11 is 3.66. The molecule has 2 atom stereocenters. The molecule has 7 aromatic carbocycles. The zero-order valence-electron chi connectivity index (χ0n) is 55.4. The number of carbonyl (C=O) groups is 8. The molecule has 1 aromatic heterocycles. The first-order valence-corrected chi connectivity index (χ1v) is 32.4. The van der Waals surface area contributed by atoms with E-state index >= 15 is 0 Å². The van der Waals surface area contributed by atoms with Gasteiger partial charge in [-0.05, 0) is 165 Å². The van der Waals surface area contributed by atoms with Crippen LogP contribution in [0.3, 0.4) is 0 Å². The number of nitrogens with zero attached hydrogens (tertiary/aromatic N) is 3. The number of primary amides is 2. The number of carboxylic acids is 1. The van der Waals surface area contributed by atoms with Gasteiger partial charge in [0.1, 0.15) is 30.5 Å². The smallest absolute Gasteiger partial charge is 0.0209 e. The number of fused-ring (bicyclic) bond motifs is 7. The number of hydrogen-bond acceptors (Lipinski definition) is 16. The molecule has 0 fully saturated rings. The first-order valence-electron chi connectivity index (χ1n) is 31.1. The van der Waals surface area contributed by atoms with Crippen LogP contribution in [0, 0.1) is 0 Å². The monoisotopic (exact) mass is 1410 g/mol. The van der Waals surface area contributed by atoms with Gasteiger partial charge in [0.25, 0.3) is 0 Å². The molecule has 0 unspecified atom stereocenters. The normalized spacial score (nSPS) is 12.1. The van der Waals surface area contributed by atoms with Gasteiger partial charge in [-0.1, -0.05) is 133 Å². The number of amides is 6. The van der Waals surface area contributed by atoms with Gasteiger partial charge in [-0.15, -0.1) is 0 Å². The third-order valence-corrected chi connectivity index (χ3v) is 14.6. The van der Waals surface area contributed by atoms with E-state index in [1.807, 2.05) is 130 Å². The topological polar surface area (TPSA) is 380 Å². The van der Waals surface area contributed by atoms with E-state index in [-0.39, 0.29) is 69.2 Å². The Bertz CT molecular complexity index is 3820. The fraction of sp³-hybridized carbons (Fsp3) is 0.306. The van der Waals surface area contributed by atoms with Crippen molar-refractivity contribution in [2.45, 2.75) is 109 Å². The van der Waals surface area contributed by atoms with Crippen molar-refractivity contribution in [1.82, 2.24) is 36.7 Å². The number of rotatable bonds is 20. The Kier molecular flexibility index (Phi) is 31.2. The number of urea groups is 2. The van der Waals surface area contributed by atoms with Gasteiger partial charge in [-0.2, -0.15) is 0 Å². The van der Waals surface area contributed by atoms with Crippen LogP contribution in [0.2, 0.25) is 0 Å². The number of carbonyl (C=O) groups excluding carboxylic acids is 7. The van der Waals surface area contributed by atoms with Crippen LogP contribution in [0.15, 0.2) is 170 Å². The van der Waals surface area contributed by atoms with Gasteiger partial charge in [-0.3, -0.25) is 10.0 Å². The molecule has 523 valence electrons. The second kappa shape index (κ2) is 39.0. The zero-order valence-corrected chi connectivity index (χ0v) is 57.1. The maximum atomic E-state index is 13.3. The number of anilines is 1. The average molecular weight is 1410 g/mol. The largest absolute Gasteiger partial charge is 0.350 e. The number of ketones is 1. The minimum atomic E-state index is -1.17. The molecule has 10 rings (SSSR count). The summed E-state index contributed by atoms with van der Waals surface area (Å²) in [5.74, 6) is -2.38. The molecule has 8 aromatic rings. The van der Waals surface area contributed by atoms with Gasteiger partial charge in [-0.25, -0.2) is 33.6 Å². The molecule has 24 nitrogen and oxygen atoms in total. The minimum Gasteiger partial charge on any atom is -0.350 e. The first-order chi connectivity index (χ1) is 46.8. The van der Waals surface area contributed by atoms with E-state index in [0.29, 0.717) is 35.2 Å². The molecule has 1 heterocycles. The Balaban J connectivity index is 0.000000264. The quantitative estimate of drug-likeness (QED) is 0.0113. The molecule has 6 amide bonds. The van der Waals surface area contributed by atoms with E-state index in [4.69, 9.17) is 41.3 Å². The Morgan fingerprint density at radius 1 is 0.541 bits per heavy atom. The van der Waals surface area contributed by atoms with Crippen LogP contribution in [0.4, 0.5) is 24.9 Å². The predicted octanol–water partition coefficient (Wildman–Crippen LogP) is 10.6. The van der Waals surface area contributed by atoms with E-state index in [0.717, 1.165) is 62.7 Å². The number of hydrogen-bond donors (Lipinski definition) is 9. The van der Waals surface area contributed by atoms with E-state index in [9.17, 15) is 43.5 Å². The fourth-order valence-electron chi connectivity index (χ4n) is 10.3. The fourth-order valence-corrected chi connectivity index (χ4v) is 10.3. The van der Waals surface area contributed by atoms with E-state index in [2.05, 4.69) is 74.0 Å². The van der Waals surface area contributed by atoms with Crippen molar-refractivity contribution in [2.75, 3.05) is 39.1 Å². The number of benzene rings is 7. The molecule has 0 saturated heterocycles. The Morgan fingerprint density at radius 3 is 1.30 bits per heavy atom. The molecular formula is C72H83ClCuN10O14. The molecule has 12 N–H and O–H groups in total. The second-order valence-corrected chi connectivity index (χ2v) is 24.0. The molecular weight excluding hydrogens is 1330 g/mol. The van der Waals surface area contributed by atoms with E-state index < -0.39 is 59.5 Å². The number of aliphatic carboxylic acids is 1. The maximum absolute atomic E-state index is 13.3. The van der Waals surface area contributed by atoms with Crippen molar-refractivity contribution in [1.29, 1.82) is 0 Å². The summed E-state index contributed by atoms with van der Waals surface area (Å²) in [5.41, 5.74) is 27.3. The molecule has 0 spiro atoms. The van der Waals surface area contributed by atoms with Crippen molar-refractivity contribution in [3.8, 4) is 22.3 Å². The minimum absolute atomic E-state index is 0.0339. The van der Waals surface area contributed by atoms with Crippen molar-refractivity contribution in [3.63, 3.8) is 0 Å². The number of nitrogen functional groups attached to an aromatic ring is 1. The predicted molar refractivity (Wildman–Crippen MR) is 368 cm³/mol. The van der Waals surface area contributed by atoms with Gasteiger partial charge in [0.2, 0.25) is 0 Å². The van der Waals surface area contributed by atoms with Crippen LogP contribution in [-0.2, 0) is 50.1 Å². The molecule has 2 aliphatic rings. The van der Waals surface area contributed by atoms with Gasteiger partial charge < -0.3 is 77.8 Å².